The Hall–Kier alpha value is 0.270. The normalized spacial score (nSPS) is 17.8. The van der Waals surface area contributed by atoms with E-state index in [1.807, 2.05) is 11.8 Å². The molecule has 90 valence electrons. The molecule has 0 heterocycles. The quantitative estimate of drug-likeness (QED) is 0.644. The van der Waals surface area contributed by atoms with E-state index in [4.69, 9.17) is 0 Å². The lowest BCUT2D eigenvalue weighted by molar-refractivity contribution is 0.246. The second-order valence-corrected chi connectivity index (χ2v) is 5.50. The van der Waals surface area contributed by atoms with Crippen LogP contribution in [0, 0.1) is 0 Å². The molecule has 0 atom stereocenters. The van der Waals surface area contributed by atoms with Crippen LogP contribution in [-0.2, 0) is 0 Å². The zero-order valence-corrected chi connectivity index (χ0v) is 11.1. The van der Waals surface area contributed by atoms with E-state index in [1.54, 1.807) is 0 Å². The second-order valence-electron chi connectivity index (χ2n) is 4.52. The van der Waals surface area contributed by atoms with Crippen LogP contribution in [0.15, 0.2) is 0 Å². The van der Waals surface area contributed by atoms with Crippen LogP contribution < -0.4 is 5.32 Å². The Morgan fingerprint density at radius 1 is 1.27 bits per heavy atom. The maximum absolute atomic E-state index is 3.52. The van der Waals surface area contributed by atoms with Crippen LogP contribution in [-0.4, -0.2) is 49.6 Å². The number of nitrogens with one attached hydrogen (secondary N) is 1. The van der Waals surface area contributed by atoms with Crippen molar-refractivity contribution in [1.29, 1.82) is 0 Å². The Balaban J connectivity index is 1.90. The summed E-state index contributed by atoms with van der Waals surface area (Å²) in [6, 6.07) is 0.873. The summed E-state index contributed by atoms with van der Waals surface area (Å²) < 4.78 is 0. The van der Waals surface area contributed by atoms with Crippen molar-refractivity contribution in [3.05, 3.63) is 0 Å². The molecule has 3 heteroatoms. The minimum absolute atomic E-state index is 0.873. The first-order valence-corrected chi connectivity index (χ1v) is 7.64. The SMILES string of the molecule is CSCCCNCCN(C)C1CCCC1. The highest BCUT2D eigenvalue weighted by Crippen LogP contribution is 2.21. The zero-order valence-electron chi connectivity index (χ0n) is 10.3. The van der Waals surface area contributed by atoms with Crippen molar-refractivity contribution in [2.45, 2.75) is 38.1 Å². The van der Waals surface area contributed by atoms with Gasteiger partial charge in [-0.3, -0.25) is 0 Å². The van der Waals surface area contributed by atoms with Crippen LogP contribution >= 0.6 is 11.8 Å². The zero-order chi connectivity index (χ0) is 10.9. The number of rotatable bonds is 8. The fraction of sp³-hybridized carbons (Fsp3) is 1.00. The first-order valence-electron chi connectivity index (χ1n) is 6.24. The summed E-state index contributed by atoms with van der Waals surface area (Å²) in [5.74, 6) is 1.28. The number of nitrogens with zero attached hydrogens (tertiary/aromatic N) is 1. The molecule has 0 saturated heterocycles. The number of thioether (sulfide) groups is 1. The Bertz CT molecular complexity index is 147. The Morgan fingerprint density at radius 3 is 2.67 bits per heavy atom. The lowest BCUT2D eigenvalue weighted by atomic mass is 10.2. The third kappa shape index (κ3) is 5.79. The largest absolute Gasteiger partial charge is 0.315 e. The summed E-state index contributed by atoms with van der Waals surface area (Å²) in [4.78, 5) is 2.54. The predicted octanol–water partition coefficient (Wildman–Crippen LogP) is 2.20. The van der Waals surface area contributed by atoms with Crippen molar-refractivity contribution in [3.63, 3.8) is 0 Å². The molecule has 1 saturated carbocycles. The van der Waals surface area contributed by atoms with Gasteiger partial charge in [-0.05, 0) is 44.9 Å². The molecule has 15 heavy (non-hydrogen) atoms. The fourth-order valence-electron chi connectivity index (χ4n) is 2.25. The van der Waals surface area contributed by atoms with E-state index in [0.717, 1.165) is 12.6 Å². The van der Waals surface area contributed by atoms with Gasteiger partial charge in [-0.25, -0.2) is 0 Å². The fourth-order valence-corrected chi connectivity index (χ4v) is 2.68. The van der Waals surface area contributed by atoms with E-state index in [9.17, 15) is 0 Å². The summed E-state index contributed by atoms with van der Waals surface area (Å²) in [7, 11) is 2.28. The molecule has 0 aromatic heterocycles. The lowest BCUT2D eigenvalue weighted by Crippen LogP contribution is -2.35. The van der Waals surface area contributed by atoms with Gasteiger partial charge in [0.15, 0.2) is 0 Å². The molecule has 0 aromatic carbocycles. The van der Waals surface area contributed by atoms with Crippen molar-refractivity contribution in [1.82, 2.24) is 10.2 Å². The number of likely N-dealkylation sites (N-methyl/N-ethyl adjacent to an activating group) is 1. The van der Waals surface area contributed by atoms with E-state index < -0.39 is 0 Å². The van der Waals surface area contributed by atoms with Crippen LogP contribution in [0.3, 0.4) is 0 Å². The summed E-state index contributed by atoms with van der Waals surface area (Å²) >= 11 is 1.94. The summed E-state index contributed by atoms with van der Waals surface area (Å²) in [6.07, 6.45) is 9.19. The molecule has 0 spiro atoms. The minimum atomic E-state index is 0.873. The van der Waals surface area contributed by atoms with Crippen molar-refractivity contribution < 1.29 is 0 Å². The monoisotopic (exact) mass is 230 g/mol. The maximum Gasteiger partial charge on any atom is 0.0107 e. The predicted molar refractivity (Wildman–Crippen MR) is 70.8 cm³/mol. The van der Waals surface area contributed by atoms with Gasteiger partial charge in [0.25, 0.3) is 0 Å². The molecule has 1 fully saturated rings. The van der Waals surface area contributed by atoms with E-state index >= 15 is 0 Å². The number of hydrogen-bond acceptors (Lipinski definition) is 3. The Kier molecular flexibility index (Phi) is 7.49. The standard InChI is InChI=1S/C12H26N2S/c1-14(12-6-3-4-7-12)10-9-13-8-5-11-15-2/h12-13H,3-11H2,1-2H3. The summed E-state index contributed by atoms with van der Waals surface area (Å²) in [5, 5.41) is 3.52. The molecular weight excluding hydrogens is 204 g/mol. The van der Waals surface area contributed by atoms with E-state index in [1.165, 1.54) is 50.9 Å². The Morgan fingerprint density at radius 2 is 2.00 bits per heavy atom. The van der Waals surface area contributed by atoms with Gasteiger partial charge in [-0.1, -0.05) is 12.8 Å². The lowest BCUT2D eigenvalue weighted by Gasteiger charge is -2.23. The maximum atomic E-state index is 3.52. The first-order chi connectivity index (χ1) is 7.34. The van der Waals surface area contributed by atoms with Crippen LogP contribution in [0.2, 0.25) is 0 Å². The Labute approximate surface area is 99.2 Å². The van der Waals surface area contributed by atoms with Gasteiger partial charge in [-0.15, -0.1) is 0 Å². The first kappa shape index (κ1) is 13.3. The topological polar surface area (TPSA) is 15.3 Å². The average Bonchev–Trinajstić information content (AvgIpc) is 2.76. The average molecular weight is 230 g/mol. The van der Waals surface area contributed by atoms with Gasteiger partial charge in [0, 0.05) is 19.1 Å². The van der Waals surface area contributed by atoms with Crippen molar-refractivity contribution in [2.24, 2.45) is 0 Å². The minimum Gasteiger partial charge on any atom is -0.315 e. The summed E-state index contributed by atoms with van der Waals surface area (Å²) in [5.41, 5.74) is 0. The molecule has 0 aliphatic heterocycles. The van der Waals surface area contributed by atoms with Crippen molar-refractivity contribution in [3.8, 4) is 0 Å². The highest BCUT2D eigenvalue weighted by molar-refractivity contribution is 7.98. The van der Waals surface area contributed by atoms with Crippen LogP contribution in [0.4, 0.5) is 0 Å². The molecule has 0 aromatic rings. The van der Waals surface area contributed by atoms with Crippen molar-refractivity contribution >= 4 is 11.8 Å². The van der Waals surface area contributed by atoms with Crippen LogP contribution in [0.1, 0.15) is 32.1 Å². The highest BCUT2D eigenvalue weighted by Gasteiger charge is 2.18. The molecule has 1 N–H and O–H groups in total. The van der Waals surface area contributed by atoms with E-state index in [0.29, 0.717) is 0 Å². The second kappa shape index (κ2) is 8.43. The molecule has 0 radical (unpaired) electrons. The van der Waals surface area contributed by atoms with Crippen LogP contribution in [0.25, 0.3) is 0 Å². The van der Waals surface area contributed by atoms with Gasteiger partial charge >= 0.3 is 0 Å². The highest BCUT2D eigenvalue weighted by atomic mass is 32.2. The van der Waals surface area contributed by atoms with E-state index in [2.05, 4.69) is 23.5 Å². The van der Waals surface area contributed by atoms with Crippen molar-refractivity contribution in [2.75, 3.05) is 38.7 Å². The molecule has 0 bridgehead atoms. The van der Waals surface area contributed by atoms with Gasteiger partial charge in [0.05, 0.1) is 0 Å². The molecule has 1 rings (SSSR count). The third-order valence-corrected chi connectivity index (χ3v) is 3.99. The van der Waals surface area contributed by atoms with Gasteiger partial charge in [-0.2, -0.15) is 11.8 Å². The molecule has 0 amide bonds. The van der Waals surface area contributed by atoms with E-state index in [-0.39, 0.29) is 0 Å². The number of hydrogen-bond donors (Lipinski definition) is 1. The molecule has 1 aliphatic carbocycles. The molecular formula is C12H26N2S. The smallest absolute Gasteiger partial charge is 0.0107 e. The molecule has 0 unspecified atom stereocenters. The van der Waals surface area contributed by atoms with Gasteiger partial charge in [0.1, 0.15) is 0 Å². The van der Waals surface area contributed by atoms with Gasteiger partial charge < -0.3 is 10.2 Å². The summed E-state index contributed by atoms with van der Waals surface area (Å²) in [6.45, 7) is 3.55. The third-order valence-electron chi connectivity index (χ3n) is 3.29. The molecule has 2 nitrogen and oxygen atoms in total. The molecule has 1 aliphatic rings. The van der Waals surface area contributed by atoms with Gasteiger partial charge in [0.2, 0.25) is 0 Å². The van der Waals surface area contributed by atoms with Crippen LogP contribution in [0.5, 0.6) is 0 Å².